The maximum absolute atomic E-state index is 13.6. The summed E-state index contributed by atoms with van der Waals surface area (Å²) in [5, 5.41) is 5.57. The lowest BCUT2D eigenvalue weighted by atomic mass is 9.83. The van der Waals surface area contributed by atoms with Crippen molar-refractivity contribution in [1.29, 1.82) is 0 Å². The third-order valence-electron chi connectivity index (χ3n) is 9.16. The number of methoxy groups -OCH3 is 2. The second-order valence-electron chi connectivity index (χ2n) is 11.8. The molecular formula is C31H35F3N2O8S. The zero-order chi connectivity index (χ0) is 32.5. The van der Waals surface area contributed by atoms with Gasteiger partial charge in [0.2, 0.25) is 5.91 Å². The van der Waals surface area contributed by atoms with E-state index >= 15 is 0 Å². The van der Waals surface area contributed by atoms with E-state index in [4.69, 9.17) is 14.2 Å². The molecule has 3 aliphatic rings. The van der Waals surface area contributed by atoms with E-state index in [1.807, 2.05) is 0 Å². The van der Waals surface area contributed by atoms with Gasteiger partial charge < -0.3 is 24.8 Å². The molecule has 244 valence electrons. The van der Waals surface area contributed by atoms with E-state index in [0.29, 0.717) is 43.6 Å². The lowest BCUT2D eigenvalue weighted by molar-refractivity contribution is -0.147. The Bertz CT molecular complexity index is 1560. The largest absolute Gasteiger partial charge is 0.501 e. The van der Waals surface area contributed by atoms with Crippen LogP contribution in [0.1, 0.15) is 55.3 Å². The fourth-order valence-corrected chi connectivity index (χ4v) is 7.73. The number of ether oxygens (including phenoxy) is 3. The first kappa shape index (κ1) is 32.6. The molecule has 2 amide bonds. The van der Waals surface area contributed by atoms with Crippen LogP contribution in [-0.2, 0) is 24.2 Å². The number of nitrogens with one attached hydrogen (secondary N) is 2. The summed E-state index contributed by atoms with van der Waals surface area (Å²) >= 11 is 0. The van der Waals surface area contributed by atoms with E-state index in [-0.39, 0.29) is 41.1 Å². The molecule has 3 aliphatic carbocycles. The van der Waals surface area contributed by atoms with Crippen molar-refractivity contribution in [2.45, 2.75) is 67.5 Å². The van der Waals surface area contributed by atoms with Crippen LogP contribution in [0.5, 0.6) is 11.5 Å². The van der Waals surface area contributed by atoms with Gasteiger partial charge in [0.05, 0.1) is 42.6 Å². The highest BCUT2D eigenvalue weighted by Crippen LogP contribution is 2.49. The van der Waals surface area contributed by atoms with E-state index in [1.54, 1.807) is 18.2 Å². The minimum Gasteiger partial charge on any atom is -0.496 e. The monoisotopic (exact) mass is 652 g/mol. The molecule has 14 heteroatoms. The Morgan fingerprint density at radius 2 is 1.62 bits per heavy atom. The molecule has 2 aromatic carbocycles. The lowest BCUT2D eigenvalue weighted by Crippen LogP contribution is -2.48. The van der Waals surface area contributed by atoms with Gasteiger partial charge in [-0.15, -0.1) is 0 Å². The van der Waals surface area contributed by atoms with Gasteiger partial charge in [0.25, 0.3) is 15.7 Å². The number of fused-ring (bicyclic) bond motifs is 2. The Morgan fingerprint density at radius 3 is 2.29 bits per heavy atom. The number of benzene rings is 2. The van der Waals surface area contributed by atoms with Gasteiger partial charge in [-0.2, -0.15) is 13.2 Å². The van der Waals surface area contributed by atoms with Crippen LogP contribution in [-0.4, -0.2) is 58.1 Å². The van der Waals surface area contributed by atoms with Crippen LogP contribution in [0.3, 0.4) is 0 Å². The van der Waals surface area contributed by atoms with Gasteiger partial charge in [-0.3, -0.25) is 14.4 Å². The van der Waals surface area contributed by atoms with Crippen LogP contribution in [0.4, 0.5) is 18.9 Å². The van der Waals surface area contributed by atoms with Gasteiger partial charge in [-0.1, -0.05) is 6.07 Å². The van der Waals surface area contributed by atoms with Gasteiger partial charge in [-0.05, 0) is 93.2 Å². The topological polar surface area (TPSA) is 137 Å². The second-order valence-corrected chi connectivity index (χ2v) is 13.7. The number of sulfone groups is 1. The summed E-state index contributed by atoms with van der Waals surface area (Å²) in [5.74, 6) is -1.32. The van der Waals surface area contributed by atoms with Crippen molar-refractivity contribution < 1.29 is 50.2 Å². The van der Waals surface area contributed by atoms with Crippen molar-refractivity contribution in [2.24, 2.45) is 23.7 Å². The first-order valence-electron chi connectivity index (χ1n) is 14.8. The number of alkyl halides is 3. The van der Waals surface area contributed by atoms with Gasteiger partial charge in [0.15, 0.2) is 0 Å². The maximum Gasteiger partial charge on any atom is 0.501 e. The van der Waals surface area contributed by atoms with Crippen LogP contribution in [0.25, 0.3) is 0 Å². The molecule has 0 spiro atoms. The fraction of sp³-hybridized carbons (Fsp3) is 0.516. The first-order chi connectivity index (χ1) is 21.3. The zero-order valence-electron chi connectivity index (χ0n) is 24.8. The summed E-state index contributed by atoms with van der Waals surface area (Å²) in [5.41, 5.74) is -5.36. The average Bonchev–Trinajstić information content (AvgIpc) is 3.63. The van der Waals surface area contributed by atoms with E-state index in [2.05, 4.69) is 10.6 Å². The highest BCUT2D eigenvalue weighted by molar-refractivity contribution is 7.92. The fourth-order valence-electron chi connectivity index (χ4n) is 6.92. The number of carbonyl (C=O) groups is 3. The molecule has 0 radical (unpaired) electrons. The number of anilines is 1. The molecule has 45 heavy (non-hydrogen) atoms. The number of hydrogen-bond acceptors (Lipinski definition) is 8. The summed E-state index contributed by atoms with van der Waals surface area (Å²) in [6.45, 7) is 0. The maximum atomic E-state index is 13.6. The summed E-state index contributed by atoms with van der Waals surface area (Å²) in [6.07, 6.45) is 4.68. The molecule has 0 aromatic heterocycles. The van der Waals surface area contributed by atoms with E-state index < -0.39 is 44.0 Å². The van der Waals surface area contributed by atoms with Gasteiger partial charge in [-0.25, -0.2) is 8.42 Å². The predicted molar refractivity (Wildman–Crippen MR) is 155 cm³/mol. The van der Waals surface area contributed by atoms with Gasteiger partial charge in [0, 0.05) is 11.7 Å². The Hall–Kier alpha value is -3.81. The van der Waals surface area contributed by atoms with Crippen LogP contribution in [0, 0.1) is 23.7 Å². The van der Waals surface area contributed by atoms with Crippen molar-refractivity contribution in [1.82, 2.24) is 5.32 Å². The molecule has 0 saturated heterocycles. The number of hydrogen-bond donors (Lipinski definition) is 2. The third kappa shape index (κ3) is 6.75. The number of amides is 2. The highest BCUT2D eigenvalue weighted by atomic mass is 32.2. The summed E-state index contributed by atoms with van der Waals surface area (Å²) < 4.78 is 79.4. The normalized spacial score (nSPS) is 26.2. The van der Waals surface area contributed by atoms with Crippen molar-refractivity contribution in [3.8, 4) is 11.5 Å². The van der Waals surface area contributed by atoms with Gasteiger partial charge >= 0.3 is 11.5 Å². The molecule has 0 aliphatic heterocycles. The molecule has 5 rings (SSSR count). The van der Waals surface area contributed by atoms with Crippen LogP contribution < -0.4 is 20.1 Å². The van der Waals surface area contributed by atoms with E-state index in [1.165, 1.54) is 20.3 Å². The standard InChI is InChI=1S/C31H35F3N2O8S/c1-42-25-13-12-22(44-21-10-8-17(9-11-21)30(39)43-2)16-24(25)28(37)36-27-19-7-6-18(14-19)26(27)29(38)35-20-4-3-5-23(15-20)45(40,41)31(32,33)34/h3-5,12-13,15-19,21,26-27H,6-11,14H2,1-2H3,(H,35,38)(H,36,37)/t17?,18-,19+,21?,26+,27-/m1/s1. The summed E-state index contributed by atoms with van der Waals surface area (Å²) in [6, 6.07) is 8.38. The molecule has 4 atom stereocenters. The second kappa shape index (κ2) is 12.9. The number of esters is 1. The average molecular weight is 653 g/mol. The van der Waals surface area contributed by atoms with Gasteiger partial charge in [0.1, 0.15) is 11.5 Å². The zero-order valence-corrected chi connectivity index (χ0v) is 25.6. The molecule has 3 saturated carbocycles. The molecule has 0 unspecified atom stereocenters. The number of carbonyl (C=O) groups excluding carboxylic acids is 3. The molecular weight excluding hydrogens is 617 g/mol. The van der Waals surface area contributed by atoms with Crippen LogP contribution in [0.15, 0.2) is 47.4 Å². The minimum atomic E-state index is -5.60. The summed E-state index contributed by atoms with van der Waals surface area (Å²) in [4.78, 5) is 38.0. The third-order valence-corrected chi connectivity index (χ3v) is 10.6. The molecule has 3 fully saturated rings. The number of halogens is 3. The highest BCUT2D eigenvalue weighted by Gasteiger charge is 2.52. The first-order valence-corrected chi connectivity index (χ1v) is 16.3. The molecule has 2 N–H and O–H groups in total. The smallest absolute Gasteiger partial charge is 0.496 e. The minimum absolute atomic E-state index is 0.0158. The molecule has 2 bridgehead atoms. The molecule has 0 heterocycles. The Kier molecular flexibility index (Phi) is 9.33. The lowest BCUT2D eigenvalue weighted by Gasteiger charge is -2.31. The van der Waals surface area contributed by atoms with E-state index in [9.17, 15) is 36.0 Å². The Balaban J connectivity index is 1.29. The van der Waals surface area contributed by atoms with Crippen molar-refractivity contribution in [3.05, 3.63) is 48.0 Å². The van der Waals surface area contributed by atoms with Crippen LogP contribution in [0.2, 0.25) is 0 Å². The van der Waals surface area contributed by atoms with Crippen molar-refractivity contribution in [3.63, 3.8) is 0 Å². The quantitative estimate of drug-likeness (QED) is 0.366. The van der Waals surface area contributed by atoms with E-state index in [0.717, 1.165) is 31.0 Å². The van der Waals surface area contributed by atoms with Crippen molar-refractivity contribution >= 4 is 33.3 Å². The molecule has 2 aromatic rings. The Morgan fingerprint density at radius 1 is 0.911 bits per heavy atom. The Labute approximate surface area is 258 Å². The number of rotatable bonds is 9. The van der Waals surface area contributed by atoms with Crippen LogP contribution >= 0.6 is 0 Å². The predicted octanol–water partition coefficient (Wildman–Crippen LogP) is 4.88. The van der Waals surface area contributed by atoms with Crippen molar-refractivity contribution in [2.75, 3.05) is 19.5 Å². The summed E-state index contributed by atoms with van der Waals surface area (Å²) in [7, 11) is -2.79. The SMILES string of the molecule is COC(=O)C1CCC(Oc2ccc(OC)c(C(=O)N[C@@H]3[C@H]4CC[C@H](C4)[C@@H]3C(=O)Nc3cccc(S(=O)(=O)C(F)(F)F)c3)c2)CC1. The molecule has 10 nitrogen and oxygen atoms in total.